The fourth-order valence-electron chi connectivity index (χ4n) is 4.70. The number of carbonyl (C=O) groups is 1. The molecule has 1 N–H and O–H groups in total. The number of allylic oxidation sites excluding steroid dienone is 1. The van der Waals surface area contributed by atoms with Crippen molar-refractivity contribution in [1.29, 1.82) is 0 Å². The minimum absolute atomic E-state index is 0.178. The Balaban J connectivity index is 2.05. The molecule has 0 spiro atoms. The zero-order chi connectivity index (χ0) is 20.0. The van der Waals surface area contributed by atoms with Crippen LogP contribution in [0.5, 0.6) is 0 Å². The number of fused-ring (bicyclic) bond motifs is 1. The van der Waals surface area contributed by atoms with Crippen LogP contribution in [0.4, 0.5) is 0 Å². The summed E-state index contributed by atoms with van der Waals surface area (Å²) in [5.74, 6) is -0.927. The number of aliphatic carboxylic acids is 1. The van der Waals surface area contributed by atoms with E-state index < -0.39 is 11.6 Å². The van der Waals surface area contributed by atoms with Gasteiger partial charge in [0.25, 0.3) is 0 Å². The molecule has 0 saturated heterocycles. The highest BCUT2D eigenvalue weighted by Gasteiger charge is 2.39. The molecular weight excluding hydrogens is 336 g/mol. The van der Waals surface area contributed by atoms with E-state index in [0.717, 1.165) is 18.4 Å². The topological polar surface area (TPSA) is 46.5 Å². The molecule has 0 bridgehead atoms. The highest BCUT2D eigenvalue weighted by Crippen LogP contribution is 2.48. The summed E-state index contributed by atoms with van der Waals surface area (Å²) in [4.78, 5) is 11.1. The number of ether oxygens (including phenoxy) is 1. The van der Waals surface area contributed by atoms with E-state index in [9.17, 15) is 4.79 Å². The molecule has 1 aromatic carbocycles. The van der Waals surface area contributed by atoms with Crippen molar-refractivity contribution >= 4 is 11.5 Å². The first kappa shape index (κ1) is 19.9. The lowest BCUT2D eigenvalue weighted by atomic mass is 9.63. The Bertz CT molecular complexity index is 826. The Morgan fingerprint density at radius 3 is 2.30 bits per heavy atom. The molecule has 3 nitrogen and oxygen atoms in total. The van der Waals surface area contributed by atoms with Gasteiger partial charge in [0, 0.05) is 13.2 Å². The molecule has 27 heavy (non-hydrogen) atoms. The van der Waals surface area contributed by atoms with Crippen molar-refractivity contribution < 1.29 is 14.6 Å². The van der Waals surface area contributed by atoms with Crippen LogP contribution in [0, 0.1) is 0 Å². The van der Waals surface area contributed by atoms with Gasteiger partial charge in [-0.25, -0.2) is 4.79 Å². The molecule has 2 aliphatic rings. The number of hydrogen-bond acceptors (Lipinski definition) is 2. The van der Waals surface area contributed by atoms with Crippen molar-refractivity contribution in [3.63, 3.8) is 0 Å². The Labute approximate surface area is 163 Å². The van der Waals surface area contributed by atoms with Crippen LogP contribution in [0.1, 0.15) is 77.0 Å². The average Bonchev–Trinajstić information content (AvgIpc) is 3.04. The molecule has 0 radical (unpaired) electrons. The van der Waals surface area contributed by atoms with Crippen molar-refractivity contribution in [2.45, 2.75) is 76.7 Å². The minimum Gasteiger partial charge on any atom is -0.478 e. The van der Waals surface area contributed by atoms with E-state index in [1.807, 2.05) is 6.92 Å². The molecule has 0 fully saturated rings. The highest BCUT2D eigenvalue weighted by molar-refractivity contribution is 5.82. The molecule has 2 aliphatic carbocycles. The predicted octanol–water partition coefficient (Wildman–Crippen LogP) is 5.63. The molecule has 0 aliphatic heterocycles. The number of methoxy groups -OCH3 is 1. The Kier molecular flexibility index (Phi) is 4.88. The van der Waals surface area contributed by atoms with Crippen molar-refractivity contribution in [3.05, 3.63) is 52.6 Å². The summed E-state index contributed by atoms with van der Waals surface area (Å²) in [7, 11) is 1.66. The van der Waals surface area contributed by atoms with Crippen LogP contribution < -0.4 is 0 Å². The van der Waals surface area contributed by atoms with Gasteiger partial charge in [-0.15, -0.1) is 0 Å². The molecule has 3 rings (SSSR count). The van der Waals surface area contributed by atoms with Crippen LogP contribution in [0.25, 0.3) is 5.57 Å². The van der Waals surface area contributed by atoms with Gasteiger partial charge in [-0.2, -0.15) is 0 Å². The van der Waals surface area contributed by atoms with Crippen LogP contribution >= 0.6 is 0 Å². The SMILES string of the molecule is COC1(/C(C)=C\C(=O)O)C=C(c2ccc3c(c2)C(C)(C)CCC3(C)C)CC1. The molecule has 3 heteroatoms. The third-order valence-electron chi connectivity index (χ3n) is 6.77. The average molecular weight is 369 g/mol. The third-order valence-corrected chi connectivity index (χ3v) is 6.77. The lowest BCUT2D eigenvalue weighted by Crippen LogP contribution is -2.33. The van der Waals surface area contributed by atoms with E-state index in [2.05, 4.69) is 52.0 Å². The van der Waals surface area contributed by atoms with Gasteiger partial charge in [-0.1, -0.05) is 45.9 Å². The van der Waals surface area contributed by atoms with Crippen molar-refractivity contribution in [2.75, 3.05) is 7.11 Å². The zero-order valence-electron chi connectivity index (χ0n) is 17.5. The maximum absolute atomic E-state index is 11.1. The maximum atomic E-state index is 11.1. The van der Waals surface area contributed by atoms with Crippen LogP contribution in [0.2, 0.25) is 0 Å². The number of rotatable bonds is 4. The maximum Gasteiger partial charge on any atom is 0.328 e. The van der Waals surface area contributed by atoms with Gasteiger partial charge < -0.3 is 9.84 Å². The lowest BCUT2D eigenvalue weighted by molar-refractivity contribution is -0.131. The second-order valence-electron chi connectivity index (χ2n) is 9.46. The number of hydrogen-bond donors (Lipinski definition) is 1. The lowest BCUT2D eigenvalue weighted by Gasteiger charge is -2.42. The van der Waals surface area contributed by atoms with E-state index >= 15 is 0 Å². The number of carboxylic acid groups (broad SMARTS) is 1. The van der Waals surface area contributed by atoms with Gasteiger partial charge in [-0.3, -0.25) is 0 Å². The number of benzene rings is 1. The fraction of sp³-hybridized carbons (Fsp3) is 0.542. The summed E-state index contributed by atoms with van der Waals surface area (Å²) in [6, 6.07) is 6.90. The van der Waals surface area contributed by atoms with E-state index in [4.69, 9.17) is 9.84 Å². The van der Waals surface area contributed by atoms with E-state index in [1.165, 1.54) is 41.2 Å². The van der Waals surface area contributed by atoms with Gasteiger partial charge in [-0.05, 0) is 77.3 Å². The molecule has 0 saturated carbocycles. The Hall–Kier alpha value is -1.87. The summed E-state index contributed by atoms with van der Waals surface area (Å²) in [6.07, 6.45) is 7.46. The fourth-order valence-corrected chi connectivity index (χ4v) is 4.70. The summed E-state index contributed by atoms with van der Waals surface area (Å²) < 4.78 is 5.79. The van der Waals surface area contributed by atoms with E-state index in [-0.39, 0.29) is 10.8 Å². The molecule has 0 heterocycles. The van der Waals surface area contributed by atoms with E-state index in [1.54, 1.807) is 7.11 Å². The van der Waals surface area contributed by atoms with Gasteiger partial charge >= 0.3 is 5.97 Å². The smallest absolute Gasteiger partial charge is 0.328 e. The zero-order valence-corrected chi connectivity index (χ0v) is 17.5. The molecular formula is C24H32O3. The first-order chi connectivity index (χ1) is 12.5. The number of carboxylic acids is 1. The van der Waals surface area contributed by atoms with Crippen molar-refractivity contribution in [1.82, 2.24) is 0 Å². The quantitative estimate of drug-likeness (QED) is 0.701. The Morgan fingerprint density at radius 1 is 1.07 bits per heavy atom. The second kappa shape index (κ2) is 6.63. The first-order valence-corrected chi connectivity index (χ1v) is 9.85. The third kappa shape index (κ3) is 3.50. The summed E-state index contributed by atoms with van der Waals surface area (Å²) >= 11 is 0. The van der Waals surface area contributed by atoms with Crippen LogP contribution in [0.3, 0.4) is 0 Å². The molecule has 0 aromatic heterocycles. The van der Waals surface area contributed by atoms with Gasteiger partial charge in [0.15, 0.2) is 0 Å². The molecule has 1 aromatic rings. The van der Waals surface area contributed by atoms with Crippen molar-refractivity contribution in [3.8, 4) is 0 Å². The largest absolute Gasteiger partial charge is 0.478 e. The predicted molar refractivity (Wildman–Crippen MR) is 110 cm³/mol. The summed E-state index contributed by atoms with van der Waals surface area (Å²) in [5.41, 5.74) is 5.91. The standard InChI is InChI=1S/C24H32O3/c1-16(13-21(25)26)24(27-6)10-9-18(15-24)17-7-8-19-20(14-17)23(4,5)12-11-22(19,2)3/h7-8,13-15H,9-12H2,1-6H3,(H,25,26)/b16-13-. The molecule has 0 amide bonds. The van der Waals surface area contributed by atoms with Gasteiger partial charge in [0.05, 0.1) is 0 Å². The van der Waals surface area contributed by atoms with Crippen LogP contribution in [0.15, 0.2) is 35.9 Å². The van der Waals surface area contributed by atoms with Crippen LogP contribution in [-0.4, -0.2) is 23.8 Å². The van der Waals surface area contributed by atoms with Gasteiger partial charge in [0.1, 0.15) is 5.60 Å². The highest BCUT2D eigenvalue weighted by atomic mass is 16.5. The second-order valence-corrected chi connectivity index (χ2v) is 9.46. The molecule has 1 unspecified atom stereocenters. The molecule has 1 atom stereocenters. The monoisotopic (exact) mass is 368 g/mol. The van der Waals surface area contributed by atoms with Gasteiger partial charge in [0.2, 0.25) is 0 Å². The van der Waals surface area contributed by atoms with Crippen LogP contribution in [-0.2, 0) is 20.4 Å². The summed E-state index contributed by atoms with van der Waals surface area (Å²) in [6.45, 7) is 11.2. The normalized spacial score (nSPS) is 26.4. The molecule has 146 valence electrons. The Morgan fingerprint density at radius 2 is 1.70 bits per heavy atom. The summed E-state index contributed by atoms with van der Waals surface area (Å²) in [5, 5.41) is 9.12. The van der Waals surface area contributed by atoms with Crippen molar-refractivity contribution in [2.24, 2.45) is 0 Å². The minimum atomic E-state index is -0.927. The first-order valence-electron chi connectivity index (χ1n) is 9.85. The van der Waals surface area contributed by atoms with E-state index in [0.29, 0.717) is 0 Å².